The second-order valence-corrected chi connectivity index (χ2v) is 9.56. The first-order valence-corrected chi connectivity index (χ1v) is 12.8. The largest absolute Gasteiger partial charge is 0.497 e. The lowest BCUT2D eigenvalue weighted by molar-refractivity contribution is -0.127. The van der Waals surface area contributed by atoms with E-state index >= 15 is 0 Å². The van der Waals surface area contributed by atoms with Crippen LogP contribution in [-0.2, 0) is 16.0 Å². The SMILES string of the molecule is COc1ccc(N2C(=O)C(CC(=O)NCCc3ccccc3)N(NC(=O)c3ccc(Br)cc3)C2=S)cc1. The zero-order chi connectivity index (χ0) is 26.4. The van der Waals surface area contributed by atoms with E-state index in [0.717, 1.165) is 10.0 Å². The summed E-state index contributed by atoms with van der Waals surface area (Å²) in [5.74, 6) is -0.564. The van der Waals surface area contributed by atoms with E-state index < -0.39 is 17.9 Å². The number of hydrogen-bond acceptors (Lipinski definition) is 5. The van der Waals surface area contributed by atoms with Crippen molar-refractivity contribution >= 4 is 56.7 Å². The van der Waals surface area contributed by atoms with Gasteiger partial charge in [-0.25, -0.2) is 5.01 Å². The fourth-order valence-electron chi connectivity index (χ4n) is 3.88. The summed E-state index contributed by atoms with van der Waals surface area (Å²) in [5, 5.41) is 4.23. The molecular weight excluding hydrogens is 556 g/mol. The van der Waals surface area contributed by atoms with Crippen LogP contribution in [0.5, 0.6) is 5.75 Å². The van der Waals surface area contributed by atoms with E-state index in [1.54, 1.807) is 55.6 Å². The van der Waals surface area contributed by atoms with Gasteiger partial charge in [-0.2, -0.15) is 0 Å². The Morgan fingerprint density at radius 2 is 1.68 bits per heavy atom. The van der Waals surface area contributed by atoms with Gasteiger partial charge in [-0.05, 0) is 72.7 Å². The van der Waals surface area contributed by atoms with E-state index in [1.807, 2.05) is 30.3 Å². The third-order valence-corrected chi connectivity index (χ3v) is 6.74. The van der Waals surface area contributed by atoms with Crippen molar-refractivity contribution in [2.24, 2.45) is 0 Å². The number of methoxy groups -OCH3 is 1. The van der Waals surface area contributed by atoms with Crippen molar-refractivity contribution < 1.29 is 19.1 Å². The molecule has 1 aliphatic heterocycles. The molecular formula is C27H25BrN4O4S. The van der Waals surface area contributed by atoms with E-state index in [1.165, 1.54) is 9.91 Å². The Labute approximate surface area is 228 Å². The van der Waals surface area contributed by atoms with Crippen LogP contribution < -0.4 is 20.4 Å². The van der Waals surface area contributed by atoms with Crippen molar-refractivity contribution in [1.82, 2.24) is 15.8 Å². The Hall–Kier alpha value is -3.76. The second kappa shape index (κ2) is 12.0. The molecule has 0 radical (unpaired) electrons. The minimum Gasteiger partial charge on any atom is -0.497 e. The highest BCUT2D eigenvalue weighted by atomic mass is 79.9. The lowest BCUT2D eigenvalue weighted by Crippen LogP contribution is -2.50. The van der Waals surface area contributed by atoms with Gasteiger partial charge in [0.2, 0.25) is 11.0 Å². The standard InChI is InChI=1S/C27H25BrN4O4S/c1-36-22-13-11-21(12-14-22)31-26(35)23(17-24(33)29-16-15-18-5-3-2-4-6-18)32(27(31)37)30-25(34)19-7-9-20(28)10-8-19/h2-14,23H,15-17H2,1H3,(H,29,33)(H,30,34). The van der Waals surface area contributed by atoms with E-state index in [-0.39, 0.29) is 17.4 Å². The maximum atomic E-state index is 13.5. The predicted molar refractivity (Wildman–Crippen MR) is 148 cm³/mol. The fourth-order valence-corrected chi connectivity index (χ4v) is 4.51. The molecule has 1 aliphatic rings. The average molecular weight is 581 g/mol. The molecule has 0 saturated carbocycles. The topological polar surface area (TPSA) is 91.0 Å². The quantitative estimate of drug-likeness (QED) is 0.374. The number of nitrogens with one attached hydrogen (secondary N) is 2. The van der Waals surface area contributed by atoms with Gasteiger partial charge in [-0.1, -0.05) is 46.3 Å². The Balaban J connectivity index is 1.51. The lowest BCUT2D eigenvalue weighted by Gasteiger charge is -2.24. The van der Waals surface area contributed by atoms with Gasteiger partial charge >= 0.3 is 0 Å². The molecule has 1 saturated heterocycles. The van der Waals surface area contributed by atoms with E-state index in [4.69, 9.17) is 17.0 Å². The molecule has 2 N–H and O–H groups in total. The van der Waals surface area contributed by atoms with Crippen LogP contribution in [0.4, 0.5) is 5.69 Å². The van der Waals surface area contributed by atoms with Crippen LogP contribution in [0, 0.1) is 0 Å². The fraction of sp³-hybridized carbons (Fsp3) is 0.185. The number of anilines is 1. The smallest absolute Gasteiger partial charge is 0.269 e. The summed E-state index contributed by atoms with van der Waals surface area (Å²) >= 11 is 8.95. The monoisotopic (exact) mass is 580 g/mol. The van der Waals surface area contributed by atoms with Crippen LogP contribution in [0.15, 0.2) is 83.3 Å². The van der Waals surface area contributed by atoms with Crippen LogP contribution >= 0.6 is 28.1 Å². The number of halogens is 1. The Morgan fingerprint density at radius 3 is 2.32 bits per heavy atom. The summed E-state index contributed by atoms with van der Waals surface area (Å²) in [6.45, 7) is 0.418. The first kappa shape index (κ1) is 26.3. The number of carbonyl (C=O) groups is 3. The number of nitrogens with zero attached hydrogens (tertiary/aromatic N) is 2. The zero-order valence-electron chi connectivity index (χ0n) is 20.0. The number of hydrogen-bond donors (Lipinski definition) is 2. The first-order chi connectivity index (χ1) is 17.9. The van der Waals surface area contributed by atoms with Crippen LogP contribution in [0.3, 0.4) is 0 Å². The number of thiocarbonyl (C=S) groups is 1. The zero-order valence-corrected chi connectivity index (χ0v) is 22.4. The highest BCUT2D eigenvalue weighted by Crippen LogP contribution is 2.28. The van der Waals surface area contributed by atoms with Gasteiger partial charge in [0, 0.05) is 16.6 Å². The predicted octanol–water partition coefficient (Wildman–Crippen LogP) is 3.85. The third kappa shape index (κ3) is 6.33. The Bertz CT molecular complexity index is 1290. The second-order valence-electron chi connectivity index (χ2n) is 8.28. The Kier molecular flexibility index (Phi) is 8.52. The molecule has 0 aliphatic carbocycles. The summed E-state index contributed by atoms with van der Waals surface area (Å²) in [7, 11) is 1.55. The summed E-state index contributed by atoms with van der Waals surface area (Å²) < 4.78 is 6.03. The first-order valence-electron chi connectivity index (χ1n) is 11.6. The van der Waals surface area contributed by atoms with Crippen LogP contribution in [0.2, 0.25) is 0 Å². The molecule has 8 nitrogen and oxygen atoms in total. The number of benzene rings is 3. The number of hydrazine groups is 1. The summed E-state index contributed by atoms with van der Waals surface area (Å²) in [6, 6.07) is 22.3. The average Bonchev–Trinajstić information content (AvgIpc) is 3.13. The number of carbonyl (C=O) groups excluding carboxylic acids is 3. The van der Waals surface area contributed by atoms with E-state index in [9.17, 15) is 14.4 Å². The molecule has 3 aromatic carbocycles. The van der Waals surface area contributed by atoms with Crippen molar-refractivity contribution in [3.05, 3.63) is 94.5 Å². The third-order valence-electron chi connectivity index (χ3n) is 5.83. The van der Waals surface area contributed by atoms with E-state index in [0.29, 0.717) is 30.0 Å². The molecule has 190 valence electrons. The van der Waals surface area contributed by atoms with Crippen molar-refractivity contribution in [1.29, 1.82) is 0 Å². The molecule has 3 aromatic rings. The summed E-state index contributed by atoms with van der Waals surface area (Å²) in [5.41, 5.74) is 4.70. The highest BCUT2D eigenvalue weighted by Gasteiger charge is 2.45. The van der Waals surface area contributed by atoms with Crippen LogP contribution in [0.25, 0.3) is 0 Å². The molecule has 0 aromatic heterocycles. The van der Waals surface area contributed by atoms with Gasteiger partial charge in [-0.3, -0.25) is 24.7 Å². The highest BCUT2D eigenvalue weighted by molar-refractivity contribution is 9.10. The summed E-state index contributed by atoms with van der Waals surface area (Å²) in [4.78, 5) is 40.6. The Morgan fingerprint density at radius 1 is 1.00 bits per heavy atom. The van der Waals surface area contributed by atoms with E-state index in [2.05, 4.69) is 26.7 Å². The molecule has 1 heterocycles. The molecule has 10 heteroatoms. The lowest BCUT2D eigenvalue weighted by atomic mass is 10.1. The van der Waals surface area contributed by atoms with Gasteiger partial charge in [-0.15, -0.1) is 0 Å². The molecule has 1 atom stereocenters. The van der Waals surface area contributed by atoms with Crippen LogP contribution in [0.1, 0.15) is 22.3 Å². The van der Waals surface area contributed by atoms with Gasteiger partial charge < -0.3 is 10.1 Å². The van der Waals surface area contributed by atoms with Gasteiger partial charge in [0.15, 0.2) is 0 Å². The molecule has 0 spiro atoms. The summed E-state index contributed by atoms with van der Waals surface area (Å²) in [6.07, 6.45) is 0.479. The molecule has 3 amide bonds. The molecule has 1 fully saturated rings. The molecule has 37 heavy (non-hydrogen) atoms. The number of amides is 3. The maximum Gasteiger partial charge on any atom is 0.269 e. The van der Waals surface area contributed by atoms with Crippen molar-refractivity contribution in [3.8, 4) is 5.75 Å². The minimum absolute atomic E-state index is 0.0720. The normalized spacial score (nSPS) is 15.0. The minimum atomic E-state index is -1.01. The van der Waals surface area contributed by atoms with Crippen molar-refractivity contribution in [2.45, 2.75) is 18.9 Å². The van der Waals surface area contributed by atoms with Crippen molar-refractivity contribution in [3.63, 3.8) is 0 Å². The molecule has 4 rings (SSSR count). The van der Waals surface area contributed by atoms with Crippen LogP contribution in [-0.4, -0.2) is 47.5 Å². The molecule has 0 bridgehead atoms. The number of rotatable bonds is 9. The molecule has 1 unspecified atom stereocenters. The maximum absolute atomic E-state index is 13.5. The van der Waals surface area contributed by atoms with Crippen molar-refractivity contribution in [2.75, 3.05) is 18.6 Å². The van der Waals surface area contributed by atoms with Gasteiger partial charge in [0.25, 0.3) is 11.8 Å². The van der Waals surface area contributed by atoms with Gasteiger partial charge in [0.1, 0.15) is 11.8 Å². The van der Waals surface area contributed by atoms with Gasteiger partial charge in [0.05, 0.1) is 19.2 Å². The number of ether oxygens (including phenoxy) is 1.